The summed E-state index contributed by atoms with van der Waals surface area (Å²) in [5.74, 6) is 1.29. The first-order valence-electron chi connectivity index (χ1n) is 13.0. The van der Waals surface area contributed by atoms with Crippen molar-refractivity contribution in [2.45, 2.75) is 53.4 Å². The zero-order valence-corrected chi connectivity index (χ0v) is 28.5. The summed E-state index contributed by atoms with van der Waals surface area (Å²) in [4.78, 5) is 2.43. The fraction of sp³-hybridized carbons (Fsp3) is 0.344. The molecule has 4 rings (SSSR count). The molecule has 0 saturated heterocycles. The van der Waals surface area contributed by atoms with Crippen LogP contribution in [-0.4, -0.2) is 12.0 Å². The van der Waals surface area contributed by atoms with Crippen molar-refractivity contribution in [3.05, 3.63) is 69.9 Å². The van der Waals surface area contributed by atoms with Crippen LogP contribution in [0.2, 0.25) is 0 Å². The lowest BCUT2D eigenvalue weighted by molar-refractivity contribution is 0.490. The molecule has 0 aliphatic heterocycles. The van der Waals surface area contributed by atoms with E-state index < -0.39 is 0 Å². The molecule has 200 valence electrons. The first-order valence-corrected chi connectivity index (χ1v) is 17.4. The lowest BCUT2D eigenvalue weighted by atomic mass is 9.83. The molecule has 0 fully saturated rings. The van der Waals surface area contributed by atoms with Gasteiger partial charge in [-0.2, -0.15) is 0 Å². The number of thiophene rings is 2. The van der Waals surface area contributed by atoms with E-state index in [1.807, 2.05) is 6.26 Å². The molecule has 0 amide bonds. The minimum Gasteiger partial charge on any atom is -0.216 e. The molecule has 0 spiro atoms. The predicted octanol–water partition coefficient (Wildman–Crippen LogP) is 10.3. The largest absolute Gasteiger partial charge is 0.216 e. The Kier molecular flexibility index (Phi) is 9.84. The summed E-state index contributed by atoms with van der Waals surface area (Å²) in [6.07, 6.45) is 8.78. The Balaban J connectivity index is 1.85. The van der Waals surface area contributed by atoms with Crippen molar-refractivity contribution < 1.29 is 0 Å². The molecule has 38 heavy (non-hydrogen) atoms. The standard InChI is InChI=1S/C32H35Br2NS3/c1-9-21(10-2)12-23-14-28(37-32(23)34)26-15-25-20(7)30(35-36-8)27(16-24(25)18(5)19(26)6)29-13-22(11-17(3)4)31(33)38-29/h13-17,21H,5-7,9-12H2,1-4,8H3/b35-30+. The van der Waals surface area contributed by atoms with Crippen LogP contribution in [0.5, 0.6) is 0 Å². The topological polar surface area (TPSA) is 12.4 Å². The molecule has 3 aromatic rings. The van der Waals surface area contributed by atoms with Gasteiger partial charge in [-0.15, -0.1) is 22.7 Å². The van der Waals surface area contributed by atoms with E-state index >= 15 is 0 Å². The molecule has 6 heteroatoms. The molecule has 1 aliphatic rings. The Bertz CT molecular complexity index is 1530. The molecule has 0 radical (unpaired) electrons. The maximum Gasteiger partial charge on any atom is 0.0872 e. The SMILES string of the molecule is C=C1/C(=N\SC)C(c2cc(CC(C)C)c(Br)s2)=Cc2c1cc(-c1cc(CC(CC)CC)c(Br)s1)c(=C)c2=C. The van der Waals surface area contributed by atoms with E-state index in [-0.39, 0.29) is 0 Å². The molecular weight excluding hydrogens is 654 g/mol. The Hall–Kier alpha value is -1.18. The van der Waals surface area contributed by atoms with Crippen LogP contribution in [0, 0.1) is 11.8 Å². The van der Waals surface area contributed by atoms with E-state index in [0.29, 0.717) is 11.8 Å². The summed E-state index contributed by atoms with van der Waals surface area (Å²) in [5, 5.41) is 1.94. The number of hydrogen-bond acceptors (Lipinski definition) is 4. The van der Waals surface area contributed by atoms with Crippen LogP contribution in [-0.2, 0) is 12.8 Å². The van der Waals surface area contributed by atoms with Gasteiger partial charge in [0, 0.05) is 27.2 Å². The van der Waals surface area contributed by atoms with Gasteiger partial charge in [-0.3, -0.25) is 0 Å². The highest BCUT2D eigenvalue weighted by molar-refractivity contribution is 9.11. The Morgan fingerprint density at radius 2 is 1.47 bits per heavy atom. The van der Waals surface area contributed by atoms with Gasteiger partial charge in [0.2, 0.25) is 0 Å². The van der Waals surface area contributed by atoms with Gasteiger partial charge in [0.1, 0.15) is 0 Å². The fourth-order valence-electron chi connectivity index (χ4n) is 5.00. The van der Waals surface area contributed by atoms with Crippen molar-refractivity contribution in [1.29, 1.82) is 0 Å². The molecule has 0 atom stereocenters. The number of allylic oxidation sites excluding steroid dienone is 2. The zero-order chi connectivity index (χ0) is 27.7. The van der Waals surface area contributed by atoms with Gasteiger partial charge in [-0.25, -0.2) is 4.40 Å². The van der Waals surface area contributed by atoms with E-state index in [1.165, 1.54) is 53.2 Å². The monoisotopic (exact) mass is 687 g/mol. The zero-order valence-electron chi connectivity index (χ0n) is 22.8. The first kappa shape index (κ1) is 29.8. The number of nitrogens with zero attached hydrogens (tertiary/aromatic N) is 1. The average Bonchev–Trinajstić information content (AvgIpc) is 3.42. The van der Waals surface area contributed by atoms with Crippen LogP contribution >= 0.6 is 66.5 Å². The third kappa shape index (κ3) is 5.95. The van der Waals surface area contributed by atoms with Crippen LogP contribution in [0.25, 0.3) is 40.8 Å². The third-order valence-corrected chi connectivity index (χ3v) is 11.6. The van der Waals surface area contributed by atoms with Gasteiger partial charge < -0.3 is 0 Å². The van der Waals surface area contributed by atoms with Crippen LogP contribution in [0.3, 0.4) is 0 Å². The maximum absolute atomic E-state index is 4.86. The second-order valence-corrected chi connectivity index (χ2v) is 15.6. The van der Waals surface area contributed by atoms with E-state index in [4.69, 9.17) is 4.40 Å². The van der Waals surface area contributed by atoms with Crippen molar-refractivity contribution in [3.63, 3.8) is 0 Å². The molecule has 1 aromatic carbocycles. The van der Waals surface area contributed by atoms with Crippen molar-refractivity contribution in [1.82, 2.24) is 0 Å². The second-order valence-electron chi connectivity index (χ2n) is 10.3. The fourth-order valence-corrected chi connectivity index (χ4v) is 8.89. The van der Waals surface area contributed by atoms with E-state index in [9.17, 15) is 0 Å². The maximum atomic E-state index is 4.86. The molecule has 0 unspecified atom stereocenters. The highest BCUT2D eigenvalue weighted by Gasteiger charge is 2.26. The molecular formula is C32H35Br2NS3. The summed E-state index contributed by atoms with van der Waals surface area (Å²) in [7, 11) is 0. The average molecular weight is 690 g/mol. The number of hydrogen-bond donors (Lipinski definition) is 0. The van der Waals surface area contributed by atoms with Crippen LogP contribution in [0.4, 0.5) is 0 Å². The minimum atomic E-state index is 0.593. The summed E-state index contributed by atoms with van der Waals surface area (Å²) in [6.45, 7) is 22.6. The molecule has 0 bridgehead atoms. The molecule has 2 aromatic heterocycles. The van der Waals surface area contributed by atoms with Crippen LogP contribution < -0.4 is 10.4 Å². The van der Waals surface area contributed by atoms with Crippen molar-refractivity contribution >= 4 is 103 Å². The quantitative estimate of drug-likeness (QED) is 0.204. The van der Waals surface area contributed by atoms with E-state index in [0.717, 1.165) is 56.8 Å². The molecule has 0 saturated carbocycles. The van der Waals surface area contributed by atoms with Crippen LogP contribution in [0.15, 0.2) is 36.7 Å². The Labute approximate surface area is 257 Å². The van der Waals surface area contributed by atoms with Gasteiger partial charge in [0.05, 0.1) is 13.3 Å². The summed E-state index contributed by atoms with van der Waals surface area (Å²) >= 11 is 12.7. The Morgan fingerprint density at radius 3 is 2.08 bits per heavy atom. The normalized spacial score (nSPS) is 14.6. The lowest BCUT2D eigenvalue weighted by Crippen LogP contribution is -2.30. The van der Waals surface area contributed by atoms with Gasteiger partial charge in [0.15, 0.2) is 0 Å². The lowest BCUT2D eigenvalue weighted by Gasteiger charge is -2.22. The van der Waals surface area contributed by atoms with Gasteiger partial charge >= 0.3 is 0 Å². The van der Waals surface area contributed by atoms with E-state index in [2.05, 4.69) is 104 Å². The number of benzene rings is 1. The van der Waals surface area contributed by atoms with Gasteiger partial charge in [-0.1, -0.05) is 60.3 Å². The highest BCUT2D eigenvalue weighted by atomic mass is 79.9. The Morgan fingerprint density at radius 1 is 0.868 bits per heavy atom. The number of rotatable bonds is 9. The molecule has 1 nitrogen and oxygen atoms in total. The summed E-state index contributed by atoms with van der Waals surface area (Å²) in [6, 6.07) is 6.90. The third-order valence-electron chi connectivity index (χ3n) is 7.27. The summed E-state index contributed by atoms with van der Waals surface area (Å²) < 4.78 is 7.27. The predicted molar refractivity (Wildman–Crippen MR) is 184 cm³/mol. The summed E-state index contributed by atoms with van der Waals surface area (Å²) in [5.41, 5.74) is 9.05. The number of halogens is 2. The van der Waals surface area contributed by atoms with E-state index in [1.54, 1.807) is 22.7 Å². The first-order chi connectivity index (χ1) is 18.1. The van der Waals surface area contributed by atoms with Crippen molar-refractivity contribution in [3.8, 4) is 10.4 Å². The second kappa shape index (κ2) is 12.6. The van der Waals surface area contributed by atoms with Gasteiger partial charge in [-0.05, 0) is 131 Å². The molecule has 1 aliphatic carbocycles. The highest BCUT2D eigenvalue weighted by Crippen LogP contribution is 2.42. The van der Waals surface area contributed by atoms with Crippen molar-refractivity contribution in [2.75, 3.05) is 6.26 Å². The smallest absolute Gasteiger partial charge is 0.0872 e. The van der Waals surface area contributed by atoms with Crippen LogP contribution in [0.1, 0.15) is 67.7 Å². The van der Waals surface area contributed by atoms with Crippen molar-refractivity contribution in [2.24, 2.45) is 16.2 Å². The number of fused-ring (bicyclic) bond motifs is 1. The van der Waals surface area contributed by atoms with Gasteiger partial charge in [0.25, 0.3) is 0 Å². The molecule has 2 heterocycles. The minimum absolute atomic E-state index is 0.593. The molecule has 0 N–H and O–H groups in total.